The molecule has 0 spiro atoms. The molecule has 0 radical (unpaired) electrons. The fourth-order valence-corrected chi connectivity index (χ4v) is 2.01. The normalized spacial score (nSPS) is 24.4. The van der Waals surface area contributed by atoms with E-state index in [0.717, 1.165) is 0 Å². The highest BCUT2D eigenvalue weighted by atomic mass is 17.0. The molecule has 0 aromatic heterocycles. The van der Waals surface area contributed by atoms with Crippen LogP contribution in [0.1, 0.15) is 39.5 Å². The van der Waals surface area contributed by atoms with Crippen LogP contribution >= 0.6 is 0 Å². The van der Waals surface area contributed by atoms with Gasteiger partial charge in [-0.05, 0) is 39.5 Å². The Kier molecular flexibility index (Phi) is 4.89. The predicted molar refractivity (Wildman–Crippen MR) is 65.1 cm³/mol. The molecule has 0 atom stereocenters. The van der Waals surface area contributed by atoms with Gasteiger partial charge >= 0.3 is 0 Å². The van der Waals surface area contributed by atoms with Gasteiger partial charge in [0, 0.05) is 18.0 Å². The van der Waals surface area contributed by atoms with Gasteiger partial charge in [0.1, 0.15) is 6.10 Å². The van der Waals surface area contributed by atoms with E-state index in [9.17, 15) is 14.9 Å². The Bertz CT molecular complexity index is 306. The Hall–Kier alpha value is -1.37. The molecule has 1 amide bonds. The fraction of sp³-hybridized carbons (Fsp3) is 0.909. The molecular formula is C11H21N3O4. The first-order valence-electron chi connectivity index (χ1n) is 6.15. The number of rotatable bonds is 5. The van der Waals surface area contributed by atoms with E-state index in [1.807, 2.05) is 13.8 Å². The second-order valence-corrected chi connectivity index (χ2v) is 5.51. The lowest BCUT2D eigenvalue weighted by Gasteiger charge is -2.27. The summed E-state index contributed by atoms with van der Waals surface area (Å²) in [4.78, 5) is 26.5. The van der Waals surface area contributed by atoms with E-state index in [1.54, 1.807) is 0 Å². The predicted octanol–water partition coefficient (Wildman–Crippen LogP) is 0.607. The largest absolute Gasteiger partial charge is 0.354 e. The van der Waals surface area contributed by atoms with Gasteiger partial charge in [-0.15, -0.1) is 10.1 Å². The first-order chi connectivity index (χ1) is 8.28. The van der Waals surface area contributed by atoms with Crippen LogP contribution in [0.4, 0.5) is 0 Å². The molecule has 0 unspecified atom stereocenters. The van der Waals surface area contributed by atoms with Gasteiger partial charge in [0.15, 0.2) is 0 Å². The van der Waals surface area contributed by atoms with Gasteiger partial charge in [0.25, 0.3) is 5.09 Å². The van der Waals surface area contributed by atoms with Crippen LogP contribution in [0.5, 0.6) is 0 Å². The lowest BCUT2D eigenvalue weighted by Crippen LogP contribution is -2.47. The molecule has 18 heavy (non-hydrogen) atoms. The Labute approximate surface area is 106 Å². The third-order valence-corrected chi connectivity index (χ3v) is 3.00. The molecule has 0 aliphatic heterocycles. The first kappa shape index (κ1) is 14.7. The van der Waals surface area contributed by atoms with E-state index in [4.69, 9.17) is 5.73 Å². The van der Waals surface area contributed by atoms with Crippen molar-refractivity contribution in [3.05, 3.63) is 10.1 Å². The van der Waals surface area contributed by atoms with Crippen molar-refractivity contribution in [2.45, 2.75) is 51.2 Å². The minimum atomic E-state index is -0.762. The Balaban J connectivity index is 2.29. The van der Waals surface area contributed by atoms with Crippen molar-refractivity contribution in [1.82, 2.24) is 5.32 Å². The maximum atomic E-state index is 11.8. The van der Waals surface area contributed by atoms with E-state index >= 15 is 0 Å². The van der Waals surface area contributed by atoms with Gasteiger partial charge in [-0.2, -0.15) is 0 Å². The van der Waals surface area contributed by atoms with Crippen LogP contribution in [-0.2, 0) is 9.63 Å². The summed E-state index contributed by atoms with van der Waals surface area (Å²) in [6.07, 6.45) is 1.97. The number of nitrogens with zero attached hydrogens (tertiary/aromatic N) is 1. The highest BCUT2D eigenvalue weighted by molar-refractivity contribution is 5.78. The molecule has 104 valence electrons. The summed E-state index contributed by atoms with van der Waals surface area (Å²) >= 11 is 0. The second-order valence-electron chi connectivity index (χ2n) is 5.51. The minimum absolute atomic E-state index is 0.0203. The molecule has 1 rings (SSSR count). The Morgan fingerprint density at radius 3 is 2.44 bits per heavy atom. The van der Waals surface area contributed by atoms with Crippen molar-refractivity contribution in [2.24, 2.45) is 11.7 Å². The second kappa shape index (κ2) is 5.99. The van der Waals surface area contributed by atoms with Gasteiger partial charge < -0.3 is 15.9 Å². The first-order valence-corrected chi connectivity index (χ1v) is 6.15. The third-order valence-electron chi connectivity index (χ3n) is 3.00. The van der Waals surface area contributed by atoms with Crippen LogP contribution in [0.2, 0.25) is 0 Å². The average molecular weight is 259 g/mol. The molecule has 0 aromatic rings. The smallest absolute Gasteiger partial charge is 0.294 e. The summed E-state index contributed by atoms with van der Waals surface area (Å²) in [5.41, 5.74) is 5.35. The van der Waals surface area contributed by atoms with Crippen molar-refractivity contribution in [2.75, 3.05) is 6.54 Å². The minimum Gasteiger partial charge on any atom is -0.354 e. The molecule has 7 nitrogen and oxygen atoms in total. The van der Waals surface area contributed by atoms with Crippen LogP contribution < -0.4 is 11.1 Å². The highest BCUT2D eigenvalue weighted by Crippen LogP contribution is 2.26. The lowest BCUT2D eigenvalue weighted by atomic mass is 9.86. The number of nitrogens with two attached hydrogens (primary N) is 1. The number of nitrogens with one attached hydrogen (secondary N) is 1. The molecule has 1 aliphatic rings. The maximum absolute atomic E-state index is 11.8. The SMILES string of the molecule is CC(C)(N)CNC(=O)C1CCC(O[N+](=O)[O-])CC1. The average Bonchev–Trinajstić information content (AvgIpc) is 2.25. The number of carbonyl (C=O) groups is 1. The van der Waals surface area contributed by atoms with Crippen LogP contribution in [0.3, 0.4) is 0 Å². The topological polar surface area (TPSA) is 107 Å². The van der Waals surface area contributed by atoms with Gasteiger partial charge in [0.05, 0.1) is 0 Å². The lowest BCUT2D eigenvalue weighted by molar-refractivity contribution is -0.769. The van der Waals surface area contributed by atoms with Crippen molar-refractivity contribution in [3.63, 3.8) is 0 Å². The van der Waals surface area contributed by atoms with Crippen molar-refractivity contribution < 1.29 is 14.7 Å². The van der Waals surface area contributed by atoms with Crippen molar-refractivity contribution in [1.29, 1.82) is 0 Å². The molecule has 0 saturated heterocycles. The van der Waals surface area contributed by atoms with Gasteiger partial charge in [-0.1, -0.05) is 0 Å². The molecule has 1 aliphatic carbocycles. The van der Waals surface area contributed by atoms with Crippen LogP contribution in [0, 0.1) is 16.0 Å². The molecule has 0 aromatic carbocycles. The van der Waals surface area contributed by atoms with Crippen molar-refractivity contribution in [3.8, 4) is 0 Å². The van der Waals surface area contributed by atoms with Gasteiger partial charge in [0.2, 0.25) is 5.91 Å². The number of amides is 1. The van der Waals surface area contributed by atoms with Crippen LogP contribution in [0.15, 0.2) is 0 Å². The van der Waals surface area contributed by atoms with Gasteiger partial charge in [-0.25, -0.2) is 0 Å². The van der Waals surface area contributed by atoms with Crippen LogP contribution in [0.25, 0.3) is 0 Å². The summed E-state index contributed by atoms with van der Waals surface area (Å²) in [5.74, 6) is -0.105. The molecule has 0 heterocycles. The monoisotopic (exact) mass is 259 g/mol. The Morgan fingerprint density at radius 1 is 1.44 bits per heavy atom. The highest BCUT2D eigenvalue weighted by Gasteiger charge is 2.28. The molecule has 0 bridgehead atoms. The molecule has 3 N–H and O–H groups in total. The number of hydrogen-bond donors (Lipinski definition) is 2. The van der Waals surface area contributed by atoms with E-state index < -0.39 is 10.6 Å². The van der Waals surface area contributed by atoms with E-state index in [1.165, 1.54) is 0 Å². The summed E-state index contributed by atoms with van der Waals surface area (Å²) < 4.78 is 0. The fourth-order valence-electron chi connectivity index (χ4n) is 2.01. The van der Waals surface area contributed by atoms with E-state index in [2.05, 4.69) is 10.2 Å². The van der Waals surface area contributed by atoms with Gasteiger partial charge in [-0.3, -0.25) is 4.79 Å². The molecule has 7 heteroatoms. The van der Waals surface area contributed by atoms with E-state index in [-0.39, 0.29) is 17.9 Å². The van der Waals surface area contributed by atoms with Crippen LogP contribution in [-0.4, -0.2) is 29.2 Å². The molecule has 1 fully saturated rings. The quantitative estimate of drug-likeness (QED) is 0.555. The zero-order valence-corrected chi connectivity index (χ0v) is 10.8. The number of carbonyl (C=O) groups excluding carboxylic acids is 1. The molecular weight excluding hydrogens is 238 g/mol. The van der Waals surface area contributed by atoms with Crippen molar-refractivity contribution >= 4 is 5.91 Å². The number of hydrogen-bond acceptors (Lipinski definition) is 5. The standard InChI is InChI=1S/C11H21N3O4/c1-11(2,12)7-13-10(15)8-3-5-9(6-4-8)18-14(16)17/h8-9H,3-7,12H2,1-2H3,(H,13,15). The zero-order chi connectivity index (χ0) is 13.8. The summed E-state index contributed by atoms with van der Waals surface area (Å²) in [7, 11) is 0. The summed E-state index contributed by atoms with van der Waals surface area (Å²) in [5, 5.41) is 12.2. The summed E-state index contributed by atoms with van der Waals surface area (Å²) in [6, 6.07) is 0. The molecule has 1 saturated carbocycles. The van der Waals surface area contributed by atoms with E-state index in [0.29, 0.717) is 32.2 Å². The summed E-state index contributed by atoms with van der Waals surface area (Å²) in [6.45, 7) is 4.11. The maximum Gasteiger partial charge on any atom is 0.294 e. The third kappa shape index (κ3) is 5.31. The zero-order valence-electron chi connectivity index (χ0n) is 10.8. The Morgan fingerprint density at radius 2 is 2.00 bits per heavy atom.